The van der Waals surface area contributed by atoms with Crippen LogP contribution < -0.4 is 10.5 Å². The molecule has 1 aromatic carbocycles. The standard InChI is InChI=1S/C15H22BrNO/c1-18-14-9-8-12(16)10-13(14)15(17)11-6-4-2-3-5-7-11/h8-11,15H,2-7,17H2,1H3. The van der Waals surface area contributed by atoms with E-state index in [4.69, 9.17) is 10.5 Å². The summed E-state index contributed by atoms with van der Waals surface area (Å²) in [6, 6.07) is 6.20. The van der Waals surface area contributed by atoms with Gasteiger partial charge in [0.1, 0.15) is 5.75 Å². The minimum absolute atomic E-state index is 0.0931. The maximum Gasteiger partial charge on any atom is 0.123 e. The summed E-state index contributed by atoms with van der Waals surface area (Å²) in [6.07, 6.45) is 7.84. The van der Waals surface area contributed by atoms with E-state index in [2.05, 4.69) is 22.0 Å². The molecule has 1 fully saturated rings. The lowest BCUT2D eigenvalue weighted by molar-refractivity contribution is 0.358. The fourth-order valence-electron chi connectivity index (χ4n) is 2.89. The van der Waals surface area contributed by atoms with E-state index >= 15 is 0 Å². The van der Waals surface area contributed by atoms with Gasteiger partial charge in [-0.3, -0.25) is 0 Å². The third-order valence-electron chi connectivity index (χ3n) is 3.96. The van der Waals surface area contributed by atoms with Gasteiger partial charge in [0.25, 0.3) is 0 Å². The Morgan fingerprint density at radius 2 is 1.89 bits per heavy atom. The van der Waals surface area contributed by atoms with Crippen molar-refractivity contribution in [2.24, 2.45) is 11.7 Å². The number of nitrogens with two attached hydrogens (primary N) is 1. The molecule has 0 amide bonds. The van der Waals surface area contributed by atoms with Gasteiger partial charge in [-0.25, -0.2) is 0 Å². The first-order chi connectivity index (χ1) is 8.72. The summed E-state index contributed by atoms with van der Waals surface area (Å²) in [5.41, 5.74) is 7.62. The summed E-state index contributed by atoms with van der Waals surface area (Å²) in [5.74, 6) is 1.51. The van der Waals surface area contributed by atoms with Gasteiger partial charge in [0.2, 0.25) is 0 Å². The number of halogens is 1. The van der Waals surface area contributed by atoms with E-state index in [0.717, 1.165) is 15.8 Å². The van der Waals surface area contributed by atoms with Gasteiger partial charge in [-0.2, -0.15) is 0 Å². The summed E-state index contributed by atoms with van der Waals surface area (Å²) in [6.45, 7) is 0. The Morgan fingerprint density at radius 1 is 1.22 bits per heavy atom. The summed E-state index contributed by atoms with van der Waals surface area (Å²) < 4.78 is 6.51. The first kappa shape index (κ1) is 13.9. The van der Waals surface area contributed by atoms with Crippen LogP contribution in [0.1, 0.15) is 50.1 Å². The second-order valence-corrected chi connectivity index (χ2v) is 6.08. The SMILES string of the molecule is COc1ccc(Br)cc1C(N)C1CCCCCC1. The summed E-state index contributed by atoms with van der Waals surface area (Å²) in [7, 11) is 1.71. The summed E-state index contributed by atoms with van der Waals surface area (Å²) >= 11 is 3.52. The van der Waals surface area contributed by atoms with E-state index in [1.807, 2.05) is 12.1 Å². The third-order valence-corrected chi connectivity index (χ3v) is 4.45. The Hall–Kier alpha value is -0.540. The molecule has 1 aliphatic carbocycles. The summed E-state index contributed by atoms with van der Waals surface area (Å²) in [4.78, 5) is 0. The lowest BCUT2D eigenvalue weighted by Crippen LogP contribution is -2.21. The number of hydrogen-bond acceptors (Lipinski definition) is 2. The topological polar surface area (TPSA) is 35.2 Å². The van der Waals surface area contributed by atoms with Crippen LogP contribution in [-0.4, -0.2) is 7.11 Å². The maximum atomic E-state index is 6.48. The minimum atomic E-state index is 0.0931. The second kappa shape index (κ2) is 6.58. The molecule has 1 atom stereocenters. The molecule has 0 aliphatic heterocycles. The highest BCUT2D eigenvalue weighted by Gasteiger charge is 2.23. The van der Waals surface area contributed by atoms with Crippen molar-refractivity contribution in [3.63, 3.8) is 0 Å². The van der Waals surface area contributed by atoms with E-state index in [0.29, 0.717) is 5.92 Å². The minimum Gasteiger partial charge on any atom is -0.496 e. The lowest BCUT2D eigenvalue weighted by Gasteiger charge is -2.24. The molecule has 2 nitrogen and oxygen atoms in total. The predicted molar refractivity (Wildman–Crippen MR) is 78.8 cm³/mol. The van der Waals surface area contributed by atoms with E-state index in [9.17, 15) is 0 Å². The molecule has 0 saturated heterocycles. The number of rotatable bonds is 3. The zero-order chi connectivity index (χ0) is 13.0. The fraction of sp³-hybridized carbons (Fsp3) is 0.600. The molecule has 2 N–H and O–H groups in total. The Balaban J connectivity index is 2.20. The van der Waals surface area contributed by atoms with Gasteiger partial charge in [0, 0.05) is 16.1 Å². The second-order valence-electron chi connectivity index (χ2n) is 5.16. The zero-order valence-corrected chi connectivity index (χ0v) is 12.6. The summed E-state index contributed by atoms with van der Waals surface area (Å²) in [5, 5.41) is 0. The van der Waals surface area contributed by atoms with E-state index in [1.54, 1.807) is 7.11 Å². The molecule has 1 aliphatic rings. The number of benzene rings is 1. The lowest BCUT2D eigenvalue weighted by atomic mass is 9.87. The van der Waals surface area contributed by atoms with Crippen LogP contribution in [0.3, 0.4) is 0 Å². The van der Waals surface area contributed by atoms with Crippen LogP contribution in [0.15, 0.2) is 22.7 Å². The van der Waals surface area contributed by atoms with Crippen molar-refractivity contribution in [1.29, 1.82) is 0 Å². The van der Waals surface area contributed by atoms with E-state index in [1.165, 1.54) is 38.5 Å². The molecular weight excluding hydrogens is 290 g/mol. The largest absolute Gasteiger partial charge is 0.496 e. The molecule has 0 radical (unpaired) electrons. The Kier molecular flexibility index (Phi) is 5.07. The third kappa shape index (κ3) is 3.27. The molecule has 1 unspecified atom stereocenters. The smallest absolute Gasteiger partial charge is 0.123 e. The molecule has 1 saturated carbocycles. The molecule has 2 rings (SSSR count). The quantitative estimate of drug-likeness (QED) is 0.838. The monoisotopic (exact) mass is 311 g/mol. The molecule has 0 heterocycles. The molecule has 1 aromatic rings. The van der Waals surface area contributed by atoms with Crippen molar-refractivity contribution in [3.05, 3.63) is 28.2 Å². The number of hydrogen-bond donors (Lipinski definition) is 1. The van der Waals surface area contributed by atoms with Crippen molar-refractivity contribution < 1.29 is 4.74 Å². The van der Waals surface area contributed by atoms with Crippen LogP contribution in [0.25, 0.3) is 0 Å². The highest BCUT2D eigenvalue weighted by Crippen LogP contribution is 2.36. The molecule has 3 heteroatoms. The number of methoxy groups -OCH3 is 1. The normalized spacial score (nSPS) is 19.3. The fourth-order valence-corrected chi connectivity index (χ4v) is 3.27. The highest BCUT2D eigenvalue weighted by molar-refractivity contribution is 9.10. The highest BCUT2D eigenvalue weighted by atomic mass is 79.9. The van der Waals surface area contributed by atoms with Crippen LogP contribution in [0.4, 0.5) is 0 Å². The van der Waals surface area contributed by atoms with E-state index < -0.39 is 0 Å². The maximum absolute atomic E-state index is 6.48. The van der Waals surface area contributed by atoms with Gasteiger partial charge >= 0.3 is 0 Å². The van der Waals surface area contributed by atoms with Gasteiger partial charge in [0.15, 0.2) is 0 Å². The first-order valence-electron chi connectivity index (χ1n) is 6.81. The van der Waals surface area contributed by atoms with E-state index in [-0.39, 0.29) is 6.04 Å². The van der Waals surface area contributed by atoms with Crippen LogP contribution in [0.5, 0.6) is 5.75 Å². The zero-order valence-electron chi connectivity index (χ0n) is 11.0. The van der Waals surface area contributed by atoms with Crippen molar-refractivity contribution in [2.45, 2.75) is 44.6 Å². The Morgan fingerprint density at radius 3 is 2.50 bits per heavy atom. The van der Waals surface area contributed by atoms with Crippen LogP contribution in [0, 0.1) is 5.92 Å². The first-order valence-corrected chi connectivity index (χ1v) is 7.60. The van der Waals surface area contributed by atoms with Gasteiger partial charge in [0.05, 0.1) is 7.11 Å². The van der Waals surface area contributed by atoms with Crippen LogP contribution in [0.2, 0.25) is 0 Å². The van der Waals surface area contributed by atoms with Crippen LogP contribution in [-0.2, 0) is 0 Å². The molecule has 0 spiro atoms. The molecule has 0 bridgehead atoms. The van der Waals surface area contributed by atoms with Gasteiger partial charge in [-0.05, 0) is 37.0 Å². The van der Waals surface area contributed by atoms with Crippen LogP contribution >= 0.6 is 15.9 Å². The molecule has 100 valence electrons. The van der Waals surface area contributed by atoms with Gasteiger partial charge < -0.3 is 10.5 Å². The average Bonchev–Trinajstić information content (AvgIpc) is 2.66. The Bertz CT molecular complexity index is 386. The Labute approximate surface area is 118 Å². The van der Waals surface area contributed by atoms with Gasteiger partial charge in [-0.15, -0.1) is 0 Å². The predicted octanol–water partition coefficient (Wildman–Crippen LogP) is 4.43. The molecule has 0 aromatic heterocycles. The molecular formula is C15H22BrNO. The van der Waals surface area contributed by atoms with Crippen molar-refractivity contribution in [2.75, 3.05) is 7.11 Å². The van der Waals surface area contributed by atoms with Crippen molar-refractivity contribution >= 4 is 15.9 Å². The molecule has 18 heavy (non-hydrogen) atoms. The number of ether oxygens (including phenoxy) is 1. The average molecular weight is 312 g/mol. The van der Waals surface area contributed by atoms with Crippen molar-refractivity contribution in [3.8, 4) is 5.75 Å². The van der Waals surface area contributed by atoms with Gasteiger partial charge in [-0.1, -0.05) is 41.6 Å². The van der Waals surface area contributed by atoms with Crippen molar-refractivity contribution in [1.82, 2.24) is 0 Å².